The molecule has 4 rings (SSSR count). The predicted molar refractivity (Wildman–Crippen MR) is 123 cm³/mol. The monoisotopic (exact) mass is 461 g/mol. The van der Waals surface area contributed by atoms with Crippen LogP contribution in [0.3, 0.4) is 0 Å². The molecule has 0 saturated carbocycles. The van der Waals surface area contributed by atoms with Gasteiger partial charge in [-0.1, -0.05) is 42.5 Å². The Morgan fingerprint density at radius 1 is 0.818 bits per heavy atom. The van der Waals surface area contributed by atoms with Crippen molar-refractivity contribution < 1.29 is 23.9 Å². The van der Waals surface area contributed by atoms with Gasteiger partial charge in [0.05, 0.1) is 37.4 Å². The highest BCUT2D eigenvalue weighted by atomic mass is 32.2. The number of aromatic hydroxyl groups is 1. The lowest BCUT2D eigenvalue weighted by Gasteiger charge is -2.10. The summed E-state index contributed by atoms with van der Waals surface area (Å²) in [5.41, 5.74) is 2.34. The normalized spacial score (nSPS) is 10.7. The van der Waals surface area contributed by atoms with Crippen LogP contribution in [0.4, 0.5) is 0 Å². The summed E-state index contributed by atoms with van der Waals surface area (Å²) in [7, 11) is 2.73. The van der Waals surface area contributed by atoms with Crippen molar-refractivity contribution in [3.05, 3.63) is 78.4 Å². The molecule has 9 heteroatoms. The zero-order chi connectivity index (χ0) is 23.2. The predicted octanol–water partition coefficient (Wildman–Crippen LogP) is 4.95. The molecule has 0 fully saturated rings. The molecule has 1 N–H and O–H groups in total. The Morgan fingerprint density at radius 2 is 1.45 bits per heavy atom. The van der Waals surface area contributed by atoms with Crippen molar-refractivity contribution in [3.63, 3.8) is 0 Å². The SMILES string of the molecule is COOSc1ccc(-c2nc(-c3ccccc3)nc(-c3ccc(C(=O)OC)cc3)n2)c(O)c1. The lowest BCUT2D eigenvalue weighted by atomic mass is 10.1. The van der Waals surface area contributed by atoms with Gasteiger partial charge in [-0.05, 0) is 30.3 Å². The molecular formula is C24H19N3O5S. The first kappa shape index (κ1) is 22.4. The Kier molecular flexibility index (Phi) is 6.94. The van der Waals surface area contributed by atoms with Crippen LogP contribution in [0, 0.1) is 0 Å². The van der Waals surface area contributed by atoms with E-state index in [4.69, 9.17) is 9.07 Å². The topological polar surface area (TPSA) is 104 Å². The van der Waals surface area contributed by atoms with Crippen LogP contribution in [-0.4, -0.2) is 40.2 Å². The molecule has 0 atom stereocenters. The lowest BCUT2D eigenvalue weighted by molar-refractivity contribution is -0.160. The zero-order valence-corrected chi connectivity index (χ0v) is 18.6. The second kappa shape index (κ2) is 10.2. The van der Waals surface area contributed by atoms with Crippen LogP contribution in [-0.2, 0) is 14.0 Å². The third kappa shape index (κ3) is 5.17. The molecule has 0 aliphatic heterocycles. The number of carbonyl (C=O) groups excluding carboxylic acids is 1. The number of ether oxygens (including phenoxy) is 1. The molecule has 0 aliphatic rings. The second-order valence-corrected chi connectivity index (χ2v) is 7.51. The van der Waals surface area contributed by atoms with Crippen LogP contribution in [0.15, 0.2) is 77.7 Å². The van der Waals surface area contributed by atoms with Gasteiger partial charge in [-0.15, -0.1) is 0 Å². The molecule has 0 amide bonds. The minimum absolute atomic E-state index is 0.0168. The first-order valence-electron chi connectivity index (χ1n) is 9.80. The van der Waals surface area contributed by atoms with Gasteiger partial charge in [0.1, 0.15) is 5.75 Å². The number of benzene rings is 3. The summed E-state index contributed by atoms with van der Waals surface area (Å²) in [6.07, 6.45) is 0. The summed E-state index contributed by atoms with van der Waals surface area (Å²) >= 11 is 0.971. The van der Waals surface area contributed by atoms with Crippen LogP contribution < -0.4 is 0 Å². The minimum Gasteiger partial charge on any atom is -0.507 e. The van der Waals surface area contributed by atoms with Crippen molar-refractivity contribution in [2.75, 3.05) is 14.2 Å². The average Bonchev–Trinajstić information content (AvgIpc) is 2.87. The molecule has 0 unspecified atom stereocenters. The van der Waals surface area contributed by atoms with Crippen LogP contribution in [0.2, 0.25) is 0 Å². The van der Waals surface area contributed by atoms with Gasteiger partial charge in [-0.25, -0.2) is 24.6 Å². The minimum atomic E-state index is -0.428. The zero-order valence-electron chi connectivity index (χ0n) is 17.8. The van der Waals surface area contributed by atoms with E-state index in [1.165, 1.54) is 20.3 Å². The number of methoxy groups -OCH3 is 1. The van der Waals surface area contributed by atoms with Crippen LogP contribution in [0.1, 0.15) is 10.4 Å². The highest BCUT2D eigenvalue weighted by molar-refractivity contribution is 7.94. The maximum Gasteiger partial charge on any atom is 0.337 e. The van der Waals surface area contributed by atoms with E-state index >= 15 is 0 Å². The summed E-state index contributed by atoms with van der Waals surface area (Å²) in [5, 5.41) is 10.6. The summed E-state index contributed by atoms with van der Waals surface area (Å²) < 4.78 is 9.60. The number of carbonyl (C=O) groups is 1. The Morgan fingerprint density at radius 3 is 2.06 bits per heavy atom. The summed E-state index contributed by atoms with van der Waals surface area (Å²) in [5.74, 6) is 0.710. The Labute approximate surface area is 194 Å². The van der Waals surface area contributed by atoms with Gasteiger partial charge in [0.2, 0.25) is 0 Å². The number of phenolic OH excluding ortho intramolecular Hbond substituents is 1. The molecule has 8 nitrogen and oxygen atoms in total. The van der Waals surface area contributed by atoms with E-state index in [1.807, 2.05) is 30.3 Å². The summed E-state index contributed by atoms with van der Waals surface area (Å²) in [4.78, 5) is 30.8. The Balaban J connectivity index is 1.80. The van der Waals surface area contributed by atoms with Gasteiger partial charge in [-0.3, -0.25) is 0 Å². The molecule has 0 aliphatic carbocycles. The number of rotatable bonds is 7. The number of phenols is 1. The molecule has 33 heavy (non-hydrogen) atoms. The molecule has 1 heterocycles. The van der Waals surface area contributed by atoms with Crippen LogP contribution >= 0.6 is 12.0 Å². The number of hydrogen-bond donors (Lipinski definition) is 1. The van der Waals surface area contributed by atoms with E-state index in [-0.39, 0.29) is 5.75 Å². The Hall–Kier alpha value is -3.79. The van der Waals surface area contributed by atoms with Gasteiger partial charge in [-0.2, -0.15) is 4.33 Å². The van der Waals surface area contributed by atoms with Crippen LogP contribution in [0.25, 0.3) is 34.2 Å². The molecule has 0 bridgehead atoms. The number of hydrogen-bond acceptors (Lipinski definition) is 9. The fraction of sp³-hybridized carbons (Fsp3) is 0.0833. The standard InChI is InChI=1S/C24H19N3O5S/c1-30-24(29)17-10-8-16(9-11-17)22-25-21(15-6-4-3-5-7-15)26-23(27-22)19-13-12-18(14-20(19)28)33-32-31-2/h3-14,28H,1-2H3. The number of aromatic nitrogens is 3. The van der Waals surface area contributed by atoms with E-state index in [0.717, 1.165) is 17.6 Å². The van der Waals surface area contributed by atoms with Gasteiger partial charge >= 0.3 is 5.97 Å². The maximum absolute atomic E-state index is 11.8. The lowest BCUT2D eigenvalue weighted by Crippen LogP contribution is -2.02. The molecule has 0 spiro atoms. The largest absolute Gasteiger partial charge is 0.507 e. The molecule has 0 radical (unpaired) electrons. The highest BCUT2D eigenvalue weighted by Gasteiger charge is 2.16. The summed E-state index contributed by atoms with van der Waals surface area (Å²) in [6, 6.07) is 21.2. The molecule has 3 aromatic carbocycles. The third-order valence-corrected chi connectivity index (χ3v) is 5.29. The first-order chi connectivity index (χ1) is 16.1. The number of nitrogens with zero attached hydrogens (tertiary/aromatic N) is 3. The van der Waals surface area contributed by atoms with E-state index in [9.17, 15) is 9.90 Å². The third-order valence-electron chi connectivity index (χ3n) is 4.64. The second-order valence-electron chi connectivity index (χ2n) is 6.74. The fourth-order valence-corrected chi connectivity index (χ4v) is 3.47. The first-order valence-corrected chi connectivity index (χ1v) is 10.5. The van der Waals surface area contributed by atoms with E-state index < -0.39 is 5.97 Å². The number of esters is 1. The van der Waals surface area contributed by atoms with Crippen molar-refractivity contribution in [1.82, 2.24) is 15.0 Å². The molecule has 4 aromatic rings. The van der Waals surface area contributed by atoms with E-state index in [0.29, 0.717) is 39.1 Å². The van der Waals surface area contributed by atoms with Gasteiger partial charge in [0.15, 0.2) is 17.5 Å². The molecular weight excluding hydrogens is 442 g/mol. The van der Waals surface area contributed by atoms with Crippen LogP contribution in [0.5, 0.6) is 5.75 Å². The van der Waals surface area contributed by atoms with E-state index in [1.54, 1.807) is 36.4 Å². The van der Waals surface area contributed by atoms with Crippen molar-refractivity contribution >= 4 is 18.0 Å². The van der Waals surface area contributed by atoms with Crippen molar-refractivity contribution in [2.24, 2.45) is 0 Å². The van der Waals surface area contributed by atoms with Crippen molar-refractivity contribution in [1.29, 1.82) is 0 Å². The van der Waals surface area contributed by atoms with Crippen molar-refractivity contribution in [2.45, 2.75) is 4.90 Å². The van der Waals surface area contributed by atoms with E-state index in [2.05, 4.69) is 19.8 Å². The molecule has 0 saturated heterocycles. The maximum atomic E-state index is 11.8. The van der Waals surface area contributed by atoms with Gasteiger partial charge in [0, 0.05) is 16.0 Å². The molecule has 166 valence electrons. The fourth-order valence-electron chi connectivity index (χ4n) is 3.04. The van der Waals surface area contributed by atoms with Crippen molar-refractivity contribution in [3.8, 4) is 39.9 Å². The van der Waals surface area contributed by atoms with Gasteiger partial charge in [0.25, 0.3) is 0 Å². The quantitative estimate of drug-likeness (QED) is 0.177. The Bertz CT molecular complexity index is 1270. The van der Waals surface area contributed by atoms with Gasteiger partial charge < -0.3 is 9.84 Å². The smallest absolute Gasteiger partial charge is 0.337 e. The molecule has 1 aromatic heterocycles. The highest BCUT2D eigenvalue weighted by Crippen LogP contribution is 2.33. The average molecular weight is 461 g/mol. The summed E-state index contributed by atoms with van der Waals surface area (Å²) in [6.45, 7) is 0.